The number of aromatic nitrogens is 4. The molecule has 3 N–H and O–H groups in total. The van der Waals surface area contributed by atoms with E-state index in [0.29, 0.717) is 120 Å². The van der Waals surface area contributed by atoms with Crippen molar-refractivity contribution >= 4 is 45.6 Å². The lowest BCUT2D eigenvalue weighted by molar-refractivity contribution is 0.0150. The smallest absolute Gasteiger partial charge is 0.410 e. The Morgan fingerprint density at radius 2 is 1.08 bits per heavy atom. The molecule has 4 atom stereocenters. The van der Waals surface area contributed by atoms with Gasteiger partial charge in [-0.3, -0.25) is 9.80 Å². The summed E-state index contributed by atoms with van der Waals surface area (Å²) in [7, 11) is 0. The highest BCUT2D eigenvalue weighted by molar-refractivity contribution is 5.93. The zero-order valence-electron chi connectivity index (χ0n) is 42.2. The summed E-state index contributed by atoms with van der Waals surface area (Å²) in [5.41, 5.74) is 5.91. The van der Waals surface area contributed by atoms with Crippen LogP contribution in [0.5, 0.6) is 11.5 Å². The molecule has 6 heterocycles. The standard InChI is InChI=1S/C32H34N4O5.C25H28N4O5/c1-22-11-12-26-28(17-22)33-30(27-9-5-6-10-29(27)37)34-31(26)35-14-15-36(32(38)41-25-13-16-39-21-25)24(18-35)20-40-19-23-7-3-2-4-8-23;1-16-6-7-19-21(12-16)26-23(20-4-2-3-5-22(20)31)27-24(19)28-9-10-29(17(13-28)14-30)25(32)34-18-8-11-33-15-18/h2-12,17,24-25,37H,13-16,18-21H2,1H3;2-7,12,17-18,30-31H,8-11,13-15H2,1H3/t24-,25-;17-,18-/m11/s1. The Balaban J connectivity index is 0.000000174. The number of hydrogen-bond donors (Lipinski definition) is 3. The van der Waals surface area contributed by atoms with E-state index in [2.05, 4.69) is 9.80 Å². The van der Waals surface area contributed by atoms with Crippen LogP contribution in [0.1, 0.15) is 29.5 Å². The van der Waals surface area contributed by atoms with Crippen molar-refractivity contribution in [3.63, 3.8) is 0 Å². The molecule has 0 unspecified atom stereocenters. The number of rotatable bonds is 11. The maximum atomic E-state index is 13.3. The Hall–Kier alpha value is -7.64. The Bertz CT molecular complexity index is 3120. The molecule has 4 aliphatic heterocycles. The number of ether oxygens (including phenoxy) is 5. The van der Waals surface area contributed by atoms with Crippen LogP contribution in [-0.2, 0) is 30.3 Å². The van der Waals surface area contributed by atoms with Gasteiger partial charge in [0.05, 0.1) is 80.5 Å². The number of phenolic OH excluding ortho intramolecular Hbond substituents is 2. The molecule has 7 aromatic rings. The fraction of sp³-hybridized carbons (Fsp3) is 0.368. The number of aromatic hydroxyl groups is 2. The van der Waals surface area contributed by atoms with Gasteiger partial charge in [0.1, 0.15) is 35.3 Å². The molecule has 18 heteroatoms. The van der Waals surface area contributed by atoms with Gasteiger partial charge in [-0.05, 0) is 79.1 Å². The molecule has 2 amide bonds. The minimum Gasteiger partial charge on any atom is -0.507 e. The number of benzene rings is 5. The SMILES string of the molecule is Cc1ccc2c(N3CCN(C(=O)O[C@@H]4CCOC4)[C@@H](CO)C3)nc(-c3ccccc3O)nc2c1.Cc1ccc2c(N3CCN(C(=O)O[C@@H]4CCOC4)[C@@H](COCc4ccccc4)C3)nc(-c3ccccc3O)nc2c1. The number of amides is 2. The van der Waals surface area contributed by atoms with Gasteiger partial charge in [-0.15, -0.1) is 0 Å². The van der Waals surface area contributed by atoms with Crippen LogP contribution >= 0.6 is 0 Å². The van der Waals surface area contributed by atoms with Gasteiger partial charge in [-0.1, -0.05) is 66.7 Å². The third-order valence-corrected chi connectivity index (χ3v) is 13.9. The average Bonchev–Trinajstić information content (AvgIpc) is 4.16. The van der Waals surface area contributed by atoms with Crippen molar-refractivity contribution in [1.29, 1.82) is 0 Å². The lowest BCUT2D eigenvalue weighted by atomic mass is 10.1. The number of hydrogen-bond acceptors (Lipinski definition) is 16. The van der Waals surface area contributed by atoms with Gasteiger partial charge >= 0.3 is 12.2 Å². The number of anilines is 2. The normalized spacial score (nSPS) is 19.8. The molecule has 2 aromatic heterocycles. The van der Waals surface area contributed by atoms with E-state index in [9.17, 15) is 24.9 Å². The molecule has 0 spiro atoms. The first-order valence-electron chi connectivity index (χ1n) is 25.5. The largest absolute Gasteiger partial charge is 0.507 e. The summed E-state index contributed by atoms with van der Waals surface area (Å²) in [5, 5.41) is 32.8. The molecule has 0 bridgehead atoms. The summed E-state index contributed by atoms with van der Waals surface area (Å²) in [5.74, 6) is 2.58. The molecule has 4 saturated heterocycles. The summed E-state index contributed by atoms with van der Waals surface area (Å²) in [6, 6.07) is 35.5. The summed E-state index contributed by atoms with van der Waals surface area (Å²) < 4.78 is 28.2. The van der Waals surface area contributed by atoms with Crippen LogP contribution in [0.3, 0.4) is 0 Å². The van der Waals surface area contributed by atoms with Crippen molar-refractivity contribution in [1.82, 2.24) is 29.7 Å². The maximum Gasteiger partial charge on any atom is 0.410 e. The maximum absolute atomic E-state index is 13.3. The van der Waals surface area contributed by atoms with Gasteiger partial charge in [-0.2, -0.15) is 0 Å². The van der Waals surface area contributed by atoms with Crippen LogP contribution in [0, 0.1) is 13.8 Å². The molecule has 11 rings (SSSR count). The van der Waals surface area contributed by atoms with E-state index in [-0.39, 0.29) is 42.4 Å². The Kier molecular flexibility index (Phi) is 15.8. The molecule has 4 fully saturated rings. The summed E-state index contributed by atoms with van der Waals surface area (Å²) >= 11 is 0. The minimum atomic E-state index is -0.437. The van der Waals surface area contributed by atoms with Gasteiger partial charge in [0.25, 0.3) is 0 Å². The van der Waals surface area contributed by atoms with Crippen molar-refractivity contribution in [2.24, 2.45) is 0 Å². The summed E-state index contributed by atoms with van der Waals surface area (Å²) in [6.07, 6.45) is 0.180. The first kappa shape index (κ1) is 50.9. The molecule has 0 aliphatic carbocycles. The second-order valence-corrected chi connectivity index (χ2v) is 19.3. The Labute approximate surface area is 435 Å². The van der Waals surface area contributed by atoms with Crippen molar-refractivity contribution in [3.8, 4) is 34.3 Å². The van der Waals surface area contributed by atoms with Crippen LogP contribution in [0.25, 0.3) is 44.6 Å². The number of aliphatic hydroxyl groups excluding tert-OH is 1. The lowest BCUT2D eigenvalue weighted by Gasteiger charge is -2.41. The number of aryl methyl sites for hydroxylation is 2. The molecule has 5 aromatic carbocycles. The van der Waals surface area contributed by atoms with Gasteiger partial charge in [0.15, 0.2) is 11.6 Å². The molecule has 18 nitrogen and oxygen atoms in total. The summed E-state index contributed by atoms with van der Waals surface area (Å²) in [4.78, 5) is 53.0. The lowest BCUT2D eigenvalue weighted by Crippen LogP contribution is -2.57. The average molecular weight is 1020 g/mol. The number of aliphatic hydroxyl groups is 1. The van der Waals surface area contributed by atoms with Gasteiger partial charge < -0.3 is 48.8 Å². The monoisotopic (exact) mass is 1020 g/mol. The molecule has 390 valence electrons. The van der Waals surface area contributed by atoms with Crippen LogP contribution in [-0.4, -0.2) is 160 Å². The number of carbonyl (C=O) groups excluding carboxylic acids is 2. The Morgan fingerprint density at radius 1 is 0.600 bits per heavy atom. The second-order valence-electron chi connectivity index (χ2n) is 19.3. The highest BCUT2D eigenvalue weighted by atomic mass is 16.6. The highest BCUT2D eigenvalue weighted by Gasteiger charge is 2.37. The van der Waals surface area contributed by atoms with E-state index >= 15 is 0 Å². The Morgan fingerprint density at radius 3 is 1.56 bits per heavy atom. The predicted octanol–water partition coefficient (Wildman–Crippen LogP) is 7.66. The number of nitrogens with zero attached hydrogens (tertiary/aromatic N) is 8. The molecular weight excluding hydrogens is 957 g/mol. The van der Waals surface area contributed by atoms with E-state index in [4.69, 9.17) is 43.6 Å². The summed E-state index contributed by atoms with van der Waals surface area (Å²) in [6.45, 7) is 9.50. The van der Waals surface area contributed by atoms with E-state index in [1.807, 2.05) is 98.8 Å². The molecule has 75 heavy (non-hydrogen) atoms. The number of piperazine rings is 2. The van der Waals surface area contributed by atoms with E-state index in [1.165, 1.54) is 0 Å². The molecular formula is C57H62N8O10. The van der Waals surface area contributed by atoms with Crippen molar-refractivity contribution in [2.45, 2.75) is 57.6 Å². The fourth-order valence-electron chi connectivity index (χ4n) is 9.89. The van der Waals surface area contributed by atoms with E-state index in [0.717, 1.165) is 44.3 Å². The van der Waals surface area contributed by atoms with Gasteiger partial charge in [0.2, 0.25) is 0 Å². The van der Waals surface area contributed by atoms with E-state index < -0.39 is 12.1 Å². The zero-order valence-corrected chi connectivity index (χ0v) is 42.2. The van der Waals surface area contributed by atoms with Crippen molar-refractivity contribution < 1.29 is 48.6 Å². The first-order chi connectivity index (χ1) is 36.6. The van der Waals surface area contributed by atoms with Crippen molar-refractivity contribution in [2.75, 3.05) is 88.7 Å². The van der Waals surface area contributed by atoms with Crippen LogP contribution in [0.15, 0.2) is 115 Å². The minimum absolute atomic E-state index is 0.108. The molecule has 0 radical (unpaired) electrons. The topological polar surface area (TPSA) is 206 Å². The third-order valence-electron chi connectivity index (χ3n) is 13.9. The van der Waals surface area contributed by atoms with Crippen LogP contribution in [0.4, 0.5) is 21.2 Å². The van der Waals surface area contributed by atoms with Crippen LogP contribution < -0.4 is 9.80 Å². The van der Waals surface area contributed by atoms with Crippen LogP contribution in [0.2, 0.25) is 0 Å². The number of carbonyl (C=O) groups is 2. The van der Waals surface area contributed by atoms with Crippen molar-refractivity contribution in [3.05, 3.63) is 132 Å². The van der Waals surface area contributed by atoms with Gasteiger partial charge in [0, 0.05) is 62.9 Å². The zero-order chi connectivity index (χ0) is 51.8. The number of fused-ring (bicyclic) bond motifs is 2. The van der Waals surface area contributed by atoms with E-state index in [1.54, 1.807) is 40.1 Å². The quantitative estimate of drug-likeness (QED) is 0.114. The van der Waals surface area contributed by atoms with Gasteiger partial charge in [-0.25, -0.2) is 29.5 Å². The highest BCUT2D eigenvalue weighted by Crippen LogP contribution is 2.35. The predicted molar refractivity (Wildman–Crippen MR) is 283 cm³/mol. The number of para-hydroxylation sites is 2. The second kappa shape index (κ2) is 23.3. The molecule has 4 aliphatic rings. The number of phenols is 2. The fourth-order valence-corrected chi connectivity index (χ4v) is 9.89. The third kappa shape index (κ3) is 11.8. The first-order valence-corrected chi connectivity index (χ1v) is 25.5. The molecule has 0 saturated carbocycles.